The lowest BCUT2D eigenvalue weighted by atomic mass is 10.1. The van der Waals surface area contributed by atoms with E-state index in [2.05, 4.69) is 17.2 Å². The number of aryl methyl sites for hydroxylation is 1. The minimum absolute atomic E-state index is 0.0376. The van der Waals surface area contributed by atoms with Crippen LogP contribution in [0.5, 0.6) is 0 Å². The van der Waals surface area contributed by atoms with E-state index in [1.54, 1.807) is 6.26 Å². The van der Waals surface area contributed by atoms with Crippen molar-refractivity contribution in [3.8, 4) is 0 Å². The Labute approximate surface area is 107 Å². The van der Waals surface area contributed by atoms with Crippen molar-refractivity contribution in [3.05, 3.63) is 42.4 Å². The van der Waals surface area contributed by atoms with E-state index in [0.717, 1.165) is 17.5 Å². The monoisotopic (exact) mass is 245 g/mol. The number of imidazole rings is 1. The first-order valence-corrected chi connectivity index (χ1v) is 6.52. The Morgan fingerprint density at radius 2 is 2.33 bits per heavy atom. The maximum atomic E-state index is 5.56. The van der Waals surface area contributed by atoms with Crippen LogP contribution in [0, 0.1) is 5.92 Å². The van der Waals surface area contributed by atoms with E-state index >= 15 is 0 Å². The molecule has 1 fully saturated rings. The van der Waals surface area contributed by atoms with Gasteiger partial charge < -0.3 is 8.98 Å². The highest BCUT2D eigenvalue weighted by Gasteiger charge is 2.31. The fraction of sp³-hybridized carbons (Fsp3) is 0.500. The number of aromatic nitrogens is 2. The SMILES string of the molecule is CC(NC(c1ccco1)c1nccn1C)C1CC1. The minimum atomic E-state index is 0.0376. The zero-order chi connectivity index (χ0) is 12.5. The number of nitrogens with one attached hydrogen (secondary N) is 1. The molecule has 4 nitrogen and oxygen atoms in total. The molecule has 0 aromatic carbocycles. The van der Waals surface area contributed by atoms with E-state index in [9.17, 15) is 0 Å². The van der Waals surface area contributed by atoms with Crippen LogP contribution >= 0.6 is 0 Å². The molecule has 2 aromatic heterocycles. The zero-order valence-corrected chi connectivity index (χ0v) is 10.8. The topological polar surface area (TPSA) is 43.0 Å². The van der Waals surface area contributed by atoms with Crippen molar-refractivity contribution in [2.45, 2.75) is 31.8 Å². The molecule has 0 saturated heterocycles. The molecule has 2 heterocycles. The van der Waals surface area contributed by atoms with Crippen molar-refractivity contribution in [2.24, 2.45) is 13.0 Å². The fourth-order valence-corrected chi connectivity index (χ4v) is 2.39. The van der Waals surface area contributed by atoms with E-state index in [0.29, 0.717) is 6.04 Å². The summed E-state index contributed by atoms with van der Waals surface area (Å²) in [7, 11) is 2.02. The molecule has 0 spiro atoms. The number of nitrogens with zero attached hydrogens (tertiary/aromatic N) is 2. The molecule has 2 atom stereocenters. The van der Waals surface area contributed by atoms with Gasteiger partial charge in [-0.25, -0.2) is 4.98 Å². The van der Waals surface area contributed by atoms with Crippen LogP contribution in [-0.4, -0.2) is 15.6 Å². The standard InChI is InChI=1S/C14H19N3O/c1-10(11-5-6-11)16-13(12-4-3-9-18-12)14-15-7-8-17(14)2/h3-4,7-11,13,16H,5-6H2,1-2H3. The molecule has 3 rings (SSSR count). The van der Waals surface area contributed by atoms with Gasteiger partial charge in [-0.1, -0.05) is 0 Å². The normalized spacial score (nSPS) is 18.8. The van der Waals surface area contributed by atoms with Gasteiger partial charge in [-0.15, -0.1) is 0 Å². The van der Waals surface area contributed by atoms with Gasteiger partial charge >= 0.3 is 0 Å². The Kier molecular flexibility index (Phi) is 2.96. The van der Waals surface area contributed by atoms with Crippen LogP contribution in [0.4, 0.5) is 0 Å². The summed E-state index contributed by atoms with van der Waals surface area (Å²) in [4.78, 5) is 4.45. The third-order valence-electron chi connectivity index (χ3n) is 3.70. The lowest BCUT2D eigenvalue weighted by Crippen LogP contribution is -2.34. The quantitative estimate of drug-likeness (QED) is 0.880. The predicted octanol–water partition coefficient (Wildman–Crippen LogP) is 2.49. The maximum Gasteiger partial charge on any atom is 0.133 e. The van der Waals surface area contributed by atoms with E-state index in [-0.39, 0.29) is 6.04 Å². The molecule has 0 radical (unpaired) electrons. The van der Waals surface area contributed by atoms with E-state index < -0.39 is 0 Å². The van der Waals surface area contributed by atoms with E-state index in [1.165, 1.54) is 12.8 Å². The van der Waals surface area contributed by atoms with Gasteiger partial charge in [0.25, 0.3) is 0 Å². The smallest absolute Gasteiger partial charge is 0.133 e. The summed E-state index contributed by atoms with van der Waals surface area (Å²) in [6.45, 7) is 2.25. The molecule has 0 bridgehead atoms. The maximum absolute atomic E-state index is 5.56. The summed E-state index contributed by atoms with van der Waals surface area (Å²) in [5, 5.41) is 3.65. The first kappa shape index (κ1) is 11.5. The molecule has 0 amide bonds. The average molecular weight is 245 g/mol. The van der Waals surface area contributed by atoms with Crippen LogP contribution in [0.15, 0.2) is 35.2 Å². The Bertz CT molecular complexity index is 499. The average Bonchev–Trinajstić information content (AvgIpc) is 2.91. The Morgan fingerprint density at radius 1 is 1.50 bits per heavy atom. The molecular formula is C14H19N3O. The lowest BCUT2D eigenvalue weighted by Gasteiger charge is -2.21. The highest BCUT2D eigenvalue weighted by atomic mass is 16.3. The predicted molar refractivity (Wildman–Crippen MR) is 69.1 cm³/mol. The second-order valence-electron chi connectivity index (χ2n) is 5.14. The summed E-state index contributed by atoms with van der Waals surface area (Å²) in [5.74, 6) is 2.73. The van der Waals surface area contributed by atoms with Gasteiger partial charge in [-0.3, -0.25) is 5.32 Å². The van der Waals surface area contributed by atoms with Crippen molar-refractivity contribution in [1.29, 1.82) is 0 Å². The van der Waals surface area contributed by atoms with Crippen LogP contribution in [0.2, 0.25) is 0 Å². The Morgan fingerprint density at radius 3 is 2.89 bits per heavy atom. The summed E-state index contributed by atoms with van der Waals surface area (Å²) in [6.07, 6.45) is 8.18. The molecule has 1 N–H and O–H groups in total. The van der Waals surface area contributed by atoms with E-state index in [4.69, 9.17) is 4.42 Å². The first-order valence-electron chi connectivity index (χ1n) is 6.52. The fourth-order valence-electron chi connectivity index (χ4n) is 2.39. The van der Waals surface area contributed by atoms with Crippen molar-refractivity contribution in [1.82, 2.24) is 14.9 Å². The minimum Gasteiger partial charge on any atom is -0.467 e. The molecule has 96 valence electrons. The van der Waals surface area contributed by atoms with Gasteiger partial charge in [-0.05, 0) is 37.8 Å². The summed E-state index contributed by atoms with van der Waals surface area (Å²) < 4.78 is 7.60. The number of rotatable bonds is 5. The molecule has 0 aliphatic heterocycles. The zero-order valence-electron chi connectivity index (χ0n) is 10.8. The van der Waals surface area contributed by atoms with Gasteiger partial charge in [0, 0.05) is 25.5 Å². The highest BCUT2D eigenvalue weighted by molar-refractivity contribution is 5.16. The van der Waals surface area contributed by atoms with Crippen molar-refractivity contribution >= 4 is 0 Å². The number of hydrogen-bond acceptors (Lipinski definition) is 3. The third kappa shape index (κ3) is 2.20. The van der Waals surface area contributed by atoms with Crippen molar-refractivity contribution < 1.29 is 4.42 Å². The Balaban J connectivity index is 1.86. The van der Waals surface area contributed by atoms with Crippen LogP contribution in [0.1, 0.15) is 37.4 Å². The second kappa shape index (κ2) is 4.61. The van der Waals surface area contributed by atoms with Gasteiger partial charge in [0.2, 0.25) is 0 Å². The van der Waals surface area contributed by atoms with Gasteiger partial charge in [-0.2, -0.15) is 0 Å². The molecule has 2 unspecified atom stereocenters. The van der Waals surface area contributed by atoms with Gasteiger partial charge in [0.15, 0.2) is 0 Å². The summed E-state index contributed by atoms with van der Waals surface area (Å²) in [5.41, 5.74) is 0. The lowest BCUT2D eigenvalue weighted by molar-refractivity contribution is 0.381. The van der Waals surface area contributed by atoms with Crippen molar-refractivity contribution in [3.63, 3.8) is 0 Å². The molecular weight excluding hydrogens is 226 g/mol. The third-order valence-corrected chi connectivity index (χ3v) is 3.70. The first-order chi connectivity index (χ1) is 8.75. The highest BCUT2D eigenvalue weighted by Crippen LogP contribution is 2.34. The summed E-state index contributed by atoms with van der Waals surface area (Å²) in [6, 6.07) is 4.47. The van der Waals surface area contributed by atoms with E-state index in [1.807, 2.05) is 36.1 Å². The molecule has 2 aromatic rings. The van der Waals surface area contributed by atoms with Gasteiger partial charge in [0.05, 0.1) is 6.26 Å². The Hall–Kier alpha value is -1.55. The molecule has 1 aliphatic rings. The van der Waals surface area contributed by atoms with Crippen LogP contribution in [0.25, 0.3) is 0 Å². The largest absolute Gasteiger partial charge is 0.467 e. The molecule has 1 aliphatic carbocycles. The molecule has 4 heteroatoms. The molecule has 18 heavy (non-hydrogen) atoms. The second-order valence-corrected chi connectivity index (χ2v) is 5.14. The van der Waals surface area contributed by atoms with Crippen LogP contribution in [0.3, 0.4) is 0 Å². The number of furan rings is 1. The van der Waals surface area contributed by atoms with Crippen LogP contribution in [-0.2, 0) is 7.05 Å². The number of hydrogen-bond donors (Lipinski definition) is 1. The van der Waals surface area contributed by atoms with Crippen LogP contribution < -0.4 is 5.32 Å². The summed E-state index contributed by atoms with van der Waals surface area (Å²) >= 11 is 0. The van der Waals surface area contributed by atoms with Crippen molar-refractivity contribution in [2.75, 3.05) is 0 Å². The van der Waals surface area contributed by atoms with Gasteiger partial charge in [0.1, 0.15) is 17.6 Å². The molecule has 1 saturated carbocycles.